The average Bonchev–Trinajstić information content (AvgIpc) is 3.47. The fraction of sp³-hybridized carbons (Fsp3) is 0.321. The molecular weight excluding hydrogens is 520 g/mol. The number of aryl methyl sites for hydroxylation is 1. The number of carbonyl (C=O) groups is 5. The Morgan fingerprint density at radius 1 is 1.07 bits per heavy atom. The van der Waals surface area contributed by atoms with Crippen molar-refractivity contribution in [1.82, 2.24) is 14.9 Å². The summed E-state index contributed by atoms with van der Waals surface area (Å²) in [4.78, 5) is 79.3. The zero-order valence-corrected chi connectivity index (χ0v) is 21.6. The van der Waals surface area contributed by atoms with Gasteiger partial charge in [0.2, 0.25) is 5.95 Å². The molecule has 1 aromatic carbocycles. The summed E-state index contributed by atoms with van der Waals surface area (Å²) in [5, 5.41) is 9.54. The van der Waals surface area contributed by atoms with Crippen LogP contribution in [0.3, 0.4) is 0 Å². The lowest BCUT2D eigenvalue weighted by Crippen LogP contribution is -2.32. The van der Waals surface area contributed by atoms with Crippen molar-refractivity contribution in [2.75, 3.05) is 18.9 Å². The number of H-pyrrole nitrogens is 1. The van der Waals surface area contributed by atoms with Gasteiger partial charge in [-0.3, -0.25) is 38.7 Å². The van der Waals surface area contributed by atoms with Crippen LogP contribution < -0.4 is 11.3 Å². The summed E-state index contributed by atoms with van der Waals surface area (Å²) < 4.78 is 5.04. The van der Waals surface area contributed by atoms with Gasteiger partial charge in [0, 0.05) is 37.1 Å². The molecule has 0 radical (unpaired) electrons. The number of nitrogens with two attached hydrogens (primary N) is 1. The maximum absolute atomic E-state index is 12.7. The molecule has 1 aliphatic heterocycles. The predicted octanol–water partition coefficient (Wildman–Crippen LogP) is 1.45. The predicted molar refractivity (Wildman–Crippen MR) is 142 cm³/mol. The molecule has 0 bridgehead atoms. The number of carboxylic acids is 1. The fourth-order valence-electron chi connectivity index (χ4n) is 4.60. The number of amides is 2. The number of imide groups is 1. The molecule has 0 spiro atoms. The second-order valence-corrected chi connectivity index (χ2v) is 9.49. The number of aromatic amines is 1. The molecule has 2 aliphatic rings. The fourth-order valence-corrected chi connectivity index (χ4v) is 4.60. The number of aliphatic carboxylic acids is 1. The number of carboxylic acid groups (broad SMARTS) is 1. The first-order valence-electron chi connectivity index (χ1n) is 12.7. The Morgan fingerprint density at radius 2 is 1.77 bits per heavy atom. The molecular formula is C28H28N4O8. The summed E-state index contributed by atoms with van der Waals surface area (Å²) in [5.74, 6) is -4.20. The van der Waals surface area contributed by atoms with E-state index in [1.54, 1.807) is 24.3 Å². The number of benzene rings is 1. The largest absolute Gasteiger partial charge is 0.481 e. The van der Waals surface area contributed by atoms with E-state index < -0.39 is 29.7 Å². The van der Waals surface area contributed by atoms with Crippen molar-refractivity contribution in [3.05, 3.63) is 75.2 Å². The number of nitrogen functional groups attached to an aromatic ring is 1. The van der Waals surface area contributed by atoms with Gasteiger partial charge >= 0.3 is 11.9 Å². The van der Waals surface area contributed by atoms with Gasteiger partial charge in [0.25, 0.3) is 17.4 Å². The number of allylic oxidation sites excluding steroid dienone is 2. The molecule has 1 aliphatic carbocycles. The Bertz CT molecular complexity index is 1450. The molecule has 1 atom stereocenters. The SMILES string of the molecule is Nc1nc2c(c(=O)[nH]1)C(CCc1ccc(C(=O)CC(CCOC(=O)CCN3C(=O)C=CC3=O)C(=O)O)cc1)=CC2. The number of Topliss-reactive ketones (excluding diaryl/α,β-unsaturated/α-hetero) is 1. The van der Waals surface area contributed by atoms with Gasteiger partial charge in [-0.15, -0.1) is 0 Å². The number of esters is 1. The van der Waals surface area contributed by atoms with E-state index in [-0.39, 0.29) is 49.7 Å². The molecule has 12 heteroatoms. The minimum atomic E-state index is -1.18. The van der Waals surface area contributed by atoms with E-state index in [9.17, 15) is 33.9 Å². The normalized spacial score (nSPS) is 14.7. The third kappa shape index (κ3) is 6.76. The summed E-state index contributed by atoms with van der Waals surface area (Å²) in [7, 11) is 0. The quantitative estimate of drug-likeness (QED) is 0.188. The van der Waals surface area contributed by atoms with E-state index in [1.807, 2.05) is 6.08 Å². The van der Waals surface area contributed by atoms with Gasteiger partial charge in [-0.2, -0.15) is 0 Å². The van der Waals surface area contributed by atoms with Gasteiger partial charge in [0.1, 0.15) is 0 Å². The van der Waals surface area contributed by atoms with E-state index in [4.69, 9.17) is 10.5 Å². The highest BCUT2D eigenvalue weighted by molar-refractivity contribution is 6.13. The molecule has 0 saturated heterocycles. The highest BCUT2D eigenvalue weighted by atomic mass is 16.5. The van der Waals surface area contributed by atoms with Crippen LogP contribution in [0, 0.1) is 5.92 Å². The monoisotopic (exact) mass is 548 g/mol. The highest BCUT2D eigenvalue weighted by Gasteiger charge is 2.25. The topological polar surface area (TPSA) is 190 Å². The van der Waals surface area contributed by atoms with Crippen molar-refractivity contribution in [3.8, 4) is 0 Å². The van der Waals surface area contributed by atoms with Crippen molar-refractivity contribution in [3.63, 3.8) is 0 Å². The number of nitrogens with one attached hydrogen (secondary N) is 1. The number of hydrogen-bond acceptors (Lipinski definition) is 9. The van der Waals surface area contributed by atoms with E-state index in [1.165, 1.54) is 0 Å². The lowest BCUT2D eigenvalue weighted by Gasteiger charge is -2.14. The van der Waals surface area contributed by atoms with Gasteiger partial charge < -0.3 is 15.6 Å². The van der Waals surface area contributed by atoms with Gasteiger partial charge in [0.15, 0.2) is 5.78 Å². The standard InChI is InChI=1S/C28H28N4O8/c29-28-30-20-8-7-18(25(20)26(37)31-28)6-3-16-1-4-17(5-2-16)21(33)15-19(27(38)39)12-14-40-24(36)11-13-32-22(34)9-10-23(32)35/h1-2,4-5,7,9-10,19H,3,6,8,11-15H2,(H,38,39)(H3,29,30,31,37). The summed E-state index contributed by atoms with van der Waals surface area (Å²) in [6.45, 7) is -0.345. The summed E-state index contributed by atoms with van der Waals surface area (Å²) in [6.07, 6.45) is 5.42. The molecule has 1 unspecified atom stereocenters. The first-order chi connectivity index (χ1) is 19.1. The summed E-state index contributed by atoms with van der Waals surface area (Å²) >= 11 is 0. The third-order valence-corrected chi connectivity index (χ3v) is 6.78. The molecule has 0 saturated carbocycles. The van der Waals surface area contributed by atoms with Crippen molar-refractivity contribution in [2.24, 2.45) is 5.92 Å². The molecule has 2 amide bonds. The van der Waals surface area contributed by atoms with Gasteiger partial charge in [-0.05, 0) is 30.4 Å². The first kappa shape index (κ1) is 28.1. The maximum atomic E-state index is 12.7. The molecule has 208 valence electrons. The Labute approximate surface area is 228 Å². The molecule has 12 nitrogen and oxygen atoms in total. The van der Waals surface area contributed by atoms with Crippen molar-refractivity contribution in [1.29, 1.82) is 0 Å². The lowest BCUT2D eigenvalue weighted by atomic mass is 9.94. The van der Waals surface area contributed by atoms with Crippen LogP contribution in [0.1, 0.15) is 52.9 Å². The Kier molecular flexibility index (Phi) is 8.67. The zero-order chi connectivity index (χ0) is 28.8. The van der Waals surface area contributed by atoms with Gasteiger partial charge in [-0.1, -0.05) is 30.3 Å². The van der Waals surface area contributed by atoms with Crippen LogP contribution in [-0.4, -0.2) is 62.7 Å². The van der Waals surface area contributed by atoms with Crippen molar-refractivity contribution in [2.45, 2.75) is 38.5 Å². The first-order valence-corrected chi connectivity index (χ1v) is 12.7. The number of ketones is 1. The second-order valence-electron chi connectivity index (χ2n) is 9.49. The number of hydrogen-bond donors (Lipinski definition) is 3. The summed E-state index contributed by atoms with van der Waals surface area (Å²) in [5.41, 5.74) is 8.76. The Balaban J connectivity index is 1.23. The number of carbonyl (C=O) groups excluding carboxylic acids is 4. The number of aromatic nitrogens is 2. The number of anilines is 1. The number of rotatable bonds is 13. The molecule has 2 heterocycles. The van der Waals surface area contributed by atoms with E-state index in [2.05, 4.69) is 9.97 Å². The van der Waals surface area contributed by atoms with Crippen LogP contribution >= 0.6 is 0 Å². The molecule has 4 rings (SSSR count). The maximum Gasteiger partial charge on any atom is 0.307 e. The number of fused-ring (bicyclic) bond motifs is 1. The molecule has 4 N–H and O–H groups in total. The highest BCUT2D eigenvalue weighted by Crippen LogP contribution is 2.27. The molecule has 40 heavy (non-hydrogen) atoms. The van der Waals surface area contributed by atoms with Crippen molar-refractivity contribution < 1.29 is 33.8 Å². The minimum absolute atomic E-state index is 0.0652. The van der Waals surface area contributed by atoms with Crippen molar-refractivity contribution >= 4 is 41.1 Å². The minimum Gasteiger partial charge on any atom is -0.481 e. The number of ether oxygens (including phenoxy) is 1. The van der Waals surface area contributed by atoms with Gasteiger partial charge in [0.05, 0.1) is 30.2 Å². The summed E-state index contributed by atoms with van der Waals surface area (Å²) in [6, 6.07) is 6.85. The van der Waals surface area contributed by atoms with Crippen LogP contribution in [0.25, 0.3) is 5.57 Å². The third-order valence-electron chi connectivity index (χ3n) is 6.78. The Hall–Kier alpha value is -4.87. The smallest absolute Gasteiger partial charge is 0.307 e. The van der Waals surface area contributed by atoms with E-state index in [0.717, 1.165) is 28.2 Å². The van der Waals surface area contributed by atoms with E-state index >= 15 is 0 Å². The lowest BCUT2D eigenvalue weighted by molar-refractivity contribution is -0.148. The zero-order valence-electron chi connectivity index (χ0n) is 21.6. The van der Waals surface area contributed by atoms with E-state index in [0.29, 0.717) is 36.1 Å². The molecule has 0 fully saturated rings. The average molecular weight is 549 g/mol. The second kappa shape index (κ2) is 12.3. The molecule has 2 aromatic rings. The van der Waals surface area contributed by atoms with Crippen LogP contribution in [0.15, 0.2) is 47.3 Å². The van der Waals surface area contributed by atoms with Crippen LogP contribution in [0.4, 0.5) is 5.95 Å². The van der Waals surface area contributed by atoms with Crippen LogP contribution in [0.5, 0.6) is 0 Å². The van der Waals surface area contributed by atoms with Gasteiger partial charge in [-0.25, -0.2) is 4.98 Å². The Morgan fingerprint density at radius 3 is 2.45 bits per heavy atom. The van der Waals surface area contributed by atoms with Crippen LogP contribution in [0.2, 0.25) is 0 Å². The number of nitrogens with zero attached hydrogens (tertiary/aromatic N) is 2. The van der Waals surface area contributed by atoms with Crippen LogP contribution in [-0.2, 0) is 36.8 Å². The molecule has 1 aromatic heterocycles.